The number of nitrogens with one attached hydrogen (secondary N) is 1. The molecule has 13 heavy (non-hydrogen) atoms. The van der Waals surface area contributed by atoms with Gasteiger partial charge in [0.05, 0.1) is 5.75 Å². The molecule has 0 heterocycles. The Morgan fingerprint density at radius 3 is 2.62 bits per heavy atom. The van der Waals surface area contributed by atoms with Crippen LogP contribution >= 0.6 is 0 Å². The van der Waals surface area contributed by atoms with Crippen LogP contribution in [0.3, 0.4) is 0 Å². The first kappa shape index (κ1) is 12.8. The Bertz CT molecular complexity index is 216. The van der Waals surface area contributed by atoms with Crippen molar-refractivity contribution < 1.29 is 13.2 Å². The molecule has 0 amide bonds. The monoisotopic (exact) mass is 210 g/mol. The third-order valence-corrected chi connectivity index (χ3v) is 3.08. The number of sulfonamides is 1. The molecule has 5 nitrogen and oxygen atoms in total. The highest BCUT2D eigenvalue weighted by molar-refractivity contribution is 7.89. The van der Waals surface area contributed by atoms with Crippen LogP contribution in [0.25, 0.3) is 0 Å². The Kier molecular flexibility index (Phi) is 6.23. The lowest BCUT2D eigenvalue weighted by atomic mass is 10.4. The minimum Gasteiger partial charge on any atom is -0.385 e. The Hall–Kier alpha value is -0.170. The molecule has 0 aromatic carbocycles. The zero-order valence-corrected chi connectivity index (χ0v) is 8.93. The minimum absolute atomic E-state index is 0.0885. The topological polar surface area (TPSA) is 81.4 Å². The van der Waals surface area contributed by atoms with Crippen LogP contribution < -0.4 is 10.5 Å². The summed E-state index contributed by atoms with van der Waals surface area (Å²) in [7, 11) is -1.63. The maximum absolute atomic E-state index is 11.3. The van der Waals surface area contributed by atoms with Gasteiger partial charge >= 0.3 is 0 Å². The van der Waals surface area contributed by atoms with Crippen molar-refractivity contribution >= 4 is 10.0 Å². The van der Waals surface area contributed by atoms with E-state index in [2.05, 4.69) is 4.72 Å². The molecule has 0 fully saturated rings. The molecule has 0 bridgehead atoms. The second-order valence-electron chi connectivity index (χ2n) is 2.92. The van der Waals surface area contributed by atoms with Gasteiger partial charge in [0.2, 0.25) is 10.0 Å². The molecule has 0 aliphatic rings. The van der Waals surface area contributed by atoms with Crippen LogP contribution in [-0.4, -0.2) is 40.5 Å². The Balaban J connectivity index is 3.81. The number of hydrogen-bond acceptors (Lipinski definition) is 4. The standard InChI is InChI=1S/C7H18N2O3S/c1-7(6-8)9-13(10,11)5-3-4-12-2/h7,9H,3-6,8H2,1-2H3. The number of nitrogens with two attached hydrogens (primary N) is 1. The van der Waals surface area contributed by atoms with Gasteiger partial charge in [-0.15, -0.1) is 0 Å². The molecule has 0 spiro atoms. The fraction of sp³-hybridized carbons (Fsp3) is 1.00. The van der Waals surface area contributed by atoms with Crippen molar-refractivity contribution in [1.82, 2.24) is 4.72 Å². The zero-order chi connectivity index (χ0) is 10.3. The van der Waals surface area contributed by atoms with Gasteiger partial charge in [-0.25, -0.2) is 13.1 Å². The summed E-state index contributed by atoms with van der Waals surface area (Å²) in [6, 6.07) is -0.201. The summed E-state index contributed by atoms with van der Waals surface area (Å²) in [5.41, 5.74) is 5.28. The van der Waals surface area contributed by atoms with E-state index in [0.717, 1.165) is 0 Å². The van der Waals surface area contributed by atoms with E-state index in [1.54, 1.807) is 14.0 Å². The van der Waals surface area contributed by atoms with Crippen LogP contribution in [0.1, 0.15) is 13.3 Å². The van der Waals surface area contributed by atoms with Crippen LogP contribution in [0, 0.1) is 0 Å². The minimum atomic E-state index is -3.18. The van der Waals surface area contributed by atoms with Crippen molar-refractivity contribution in [2.45, 2.75) is 19.4 Å². The third kappa shape index (κ3) is 6.94. The molecular formula is C7H18N2O3S. The van der Waals surface area contributed by atoms with Crippen LogP contribution in [0.5, 0.6) is 0 Å². The van der Waals surface area contributed by atoms with Gasteiger partial charge in [0.1, 0.15) is 0 Å². The summed E-state index contributed by atoms with van der Waals surface area (Å²) in [6.45, 7) is 2.50. The molecule has 0 aliphatic heterocycles. The Labute approximate surface area is 79.7 Å². The van der Waals surface area contributed by atoms with Gasteiger partial charge in [-0.1, -0.05) is 0 Å². The first-order valence-corrected chi connectivity index (χ1v) is 5.86. The normalized spacial score (nSPS) is 14.4. The lowest BCUT2D eigenvalue weighted by molar-refractivity contribution is 0.199. The molecular weight excluding hydrogens is 192 g/mol. The molecule has 6 heteroatoms. The molecule has 0 rings (SSSR count). The van der Waals surface area contributed by atoms with E-state index in [1.807, 2.05) is 0 Å². The first-order valence-electron chi connectivity index (χ1n) is 4.21. The lowest BCUT2D eigenvalue weighted by Gasteiger charge is -2.11. The number of hydrogen-bond donors (Lipinski definition) is 2. The second kappa shape index (κ2) is 6.31. The van der Waals surface area contributed by atoms with Crippen LogP contribution in [-0.2, 0) is 14.8 Å². The van der Waals surface area contributed by atoms with Crippen molar-refractivity contribution in [3.05, 3.63) is 0 Å². The van der Waals surface area contributed by atoms with Crippen LogP contribution in [0.15, 0.2) is 0 Å². The molecule has 0 saturated carbocycles. The van der Waals surface area contributed by atoms with Gasteiger partial charge in [0, 0.05) is 26.3 Å². The predicted molar refractivity (Wildman–Crippen MR) is 51.9 cm³/mol. The van der Waals surface area contributed by atoms with E-state index in [4.69, 9.17) is 10.5 Å². The Morgan fingerprint density at radius 2 is 2.15 bits per heavy atom. The molecule has 80 valence electrons. The van der Waals surface area contributed by atoms with Crippen molar-refractivity contribution in [3.63, 3.8) is 0 Å². The molecule has 0 saturated heterocycles. The summed E-state index contributed by atoms with van der Waals surface area (Å²) in [6.07, 6.45) is 0.503. The van der Waals surface area contributed by atoms with E-state index in [9.17, 15) is 8.42 Å². The molecule has 0 aromatic heterocycles. The molecule has 0 radical (unpaired) electrons. The zero-order valence-electron chi connectivity index (χ0n) is 8.12. The third-order valence-electron chi connectivity index (χ3n) is 1.50. The highest BCUT2D eigenvalue weighted by atomic mass is 32.2. The summed E-state index contributed by atoms with van der Waals surface area (Å²) in [5.74, 6) is 0.0885. The van der Waals surface area contributed by atoms with E-state index >= 15 is 0 Å². The first-order chi connectivity index (χ1) is 6.02. The average Bonchev–Trinajstić information content (AvgIpc) is 2.03. The summed E-state index contributed by atoms with van der Waals surface area (Å²) in [5, 5.41) is 0. The van der Waals surface area contributed by atoms with Gasteiger partial charge in [0.15, 0.2) is 0 Å². The summed E-state index contributed by atoms with van der Waals surface area (Å²) in [4.78, 5) is 0. The van der Waals surface area contributed by atoms with Crippen LogP contribution in [0.2, 0.25) is 0 Å². The highest BCUT2D eigenvalue weighted by Gasteiger charge is 2.12. The molecule has 1 atom stereocenters. The highest BCUT2D eigenvalue weighted by Crippen LogP contribution is 1.92. The van der Waals surface area contributed by atoms with Gasteiger partial charge in [0.25, 0.3) is 0 Å². The smallest absolute Gasteiger partial charge is 0.211 e. The fourth-order valence-electron chi connectivity index (χ4n) is 0.807. The van der Waals surface area contributed by atoms with Crippen molar-refractivity contribution in [2.75, 3.05) is 26.0 Å². The molecule has 1 unspecified atom stereocenters. The maximum atomic E-state index is 11.3. The van der Waals surface area contributed by atoms with Gasteiger partial charge in [-0.3, -0.25) is 0 Å². The number of rotatable bonds is 7. The number of methoxy groups -OCH3 is 1. The van der Waals surface area contributed by atoms with E-state index in [0.29, 0.717) is 19.6 Å². The van der Waals surface area contributed by atoms with Crippen molar-refractivity contribution in [3.8, 4) is 0 Å². The van der Waals surface area contributed by atoms with Gasteiger partial charge < -0.3 is 10.5 Å². The van der Waals surface area contributed by atoms with Crippen molar-refractivity contribution in [1.29, 1.82) is 0 Å². The molecule has 3 N–H and O–H groups in total. The van der Waals surface area contributed by atoms with Gasteiger partial charge in [-0.05, 0) is 13.3 Å². The molecule has 0 aromatic rings. The van der Waals surface area contributed by atoms with E-state index in [-0.39, 0.29) is 11.8 Å². The predicted octanol–water partition coefficient (Wildman–Crippen LogP) is -0.710. The Morgan fingerprint density at radius 1 is 1.54 bits per heavy atom. The summed E-state index contributed by atoms with van der Waals surface area (Å²) < 4.78 is 29.7. The van der Waals surface area contributed by atoms with Crippen LogP contribution in [0.4, 0.5) is 0 Å². The second-order valence-corrected chi connectivity index (χ2v) is 4.79. The lowest BCUT2D eigenvalue weighted by Crippen LogP contribution is -2.39. The number of ether oxygens (including phenoxy) is 1. The van der Waals surface area contributed by atoms with Crippen molar-refractivity contribution in [2.24, 2.45) is 5.73 Å². The SMILES string of the molecule is COCCCS(=O)(=O)NC(C)CN. The maximum Gasteiger partial charge on any atom is 0.211 e. The van der Waals surface area contributed by atoms with E-state index < -0.39 is 10.0 Å². The largest absolute Gasteiger partial charge is 0.385 e. The quantitative estimate of drug-likeness (QED) is 0.544. The fourth-order valence-corrected chi connectivity index (χ4v) is 2.13. The summed E-state index contributed by atoms with van der Waals surface area (Å²) >= 11 is 0. The average molecular weight is 210 g/mol. The molecule has 0 aliphatic carbocycles. The van der Waals surface area contributed by atoms with E-state index in [1.165, 1.54) is 0 Å². The van der Waals surface area contributed by atoms with Gasteiger partial charge in [-0.2, -0.15) is 0 Å².